The van der Waals surface area contributed by atoms with Crippen molar-refractivity contribution in [2.45, 2.75) is 12.4 Å². The van der Waals surface area contributed by atoms with Crippen molar-refractivity contribution >= 4 is 43.6 Å². The van der Waals surface area contributed by atoms with Crippen LogP contribution in [-0.2, 0) is 12.4 Å². The summed E-state index contributed by atoms with van der Waals surface area (Å²) in [6, 6.07) is 59.3. The molecule has 2 aromatic heterocycles. The maximum atomic E-state index is 15.0. The maximum absolute atomic E-state index is 15.0. The zero-order valence-corrected chi connectivity index (χ0v) is 36.4. The van der Waals surface area contributed by atoms with Crippen molar-refractivity contribution in [2.24, 2.45) is 0 Å². The van der Waals surface area contributed by atoms with E-state index >= 15 is 0 Å². The van der Waals surface area contributed by atoms with Gasteiger partial charge in [-0.1, -0.05) is 91.0 Å². The Hall–Kier alpha value is -9.37. The molecular weight excluding hydrogens is 893 g/mol. The molecule has 70 heavy (non-hydrogen) atoms. The lowest BCUT2D eigenvalue weighted by molar-refractivity contribution is -0.142. The lowest BCUT2D eigenvalue weighted by Crippen LogP contribution is -2.14. The van der Waals surface area contributed by atoms with Crippen LogP contribution in [0.2, 0.25) is 0 Å². The van der Waals surface area contributed by atoms with Gasteiger partial charge in [0.25, 0.3) is 0 Å². The van der Waals surface area contributed by atoms with Crippen LogP contribution in [0.1, 0.15) is 27.8 Å². The predicted molar refractivity (Wildman–Crippen MR) is 261 cm³/mol. The number of benzene rings is 9. The van der Waals surface area contributed by atoms with Crippen LogP contribution in [0.5, 0.6) is 0 Å². The predicted octanol–water partition coefficient (Wildman–Crippen LogP) is 16.2. The summed E-state index contributed by atoms with van der Waals surface area (Å²) < 4.78 is 93.7. The Morgan fingerprint density at radius 3 is 1.27 bits per heavy atom. The lowest BCUT2D eigenvalue weighted by atomic mass is 9.89. The first-order valence-corrected chi connectivity index (χ1v) is 21.9. The first-order valence-electron chi connectivity index (χ1n) is 21.9. The molecule has 0 aliphatic rings. The number of hydrogen-bond acceptors (Lipinski definition) is 3. The highest BCUT2D eigenvalue weighted by Crippen LogP contribution is 2.48. The Kier molecular flexibility index (Phi) is 10.2. The second-order valence-electron chi connectivity index (χ2n) is 16.8. The molecule has 334 valence electrons. The molecule has 11 aromatic rings. The zero-order valence-electron chi connectivity index (χ0n) is 36.4. The van der Waals surface area contributed by atoms with Crippen molar-refractivity contribution in [2.75, 3.05) is 0 Å². The Labute approximate surface area is 395 Å². The minimum atomic E-state index is -5.16. The number of aromatic nitrogens is 2. The Balaban J connectivity index is 1.24. The molecule has 11 rings (SSSR count). The van der Waals surface area contributed by atoms with E-state index in [2.05, 4.69) is 18.2 Å². The molecule has 0 saturated carbocycles. The molecule has 0 bridgehead atoms. The molecule has 2 heterocycles. The highest BCUT2D eigenvalue weighted by atomic mass is 19.4. The molecule has 0 aliphatic heterocycles. The fourth-order valence-corrected chi connectivity index (χ4v) is 9.82. The summed E-state index contributed by atoms with van der Waals surface area (Å²) in [4.78, 5) is 0. The van der Waals surface area contributed by atoms with Crippen LogP contribution < -0.4 is 0 Å². The van der Waals surface area contributed by atoms with E-state index in [4.69, 9.17) is 0 Å². The molecule has 5 nitrogen and oxygen atoms in total. The molecule has 0 unspecified atom stereocenters. The first-order chi connectivity index (χ1) is 33.9. The molecular formula is C59H31F6N5. The molecule has 0 spiro atoms. The highest BCUT2D eigenvalue weighted by Gasteiger charge is 2.41. The molecule has 0 N–H and O–H groups in total. The van der Waals surface area contributed by atoms with Gasteiger partial charge in [0.1, 0.15) is 0 Å². The van der Waals surface area contributed by atoms with Gasteiger partial charge in [0, 0.05) is 38.2 Å². The minimum absolute atomic E-state index is 0.125. The summed E-state index contributed by atoms with van der Waals surface area (Å²) >= 11 is 0. The number of halogens is 6. The van der Waals surface area contributed by atoms with Gasteiger partial charge >= 0.3 is 12.4 Å². The summed E-state index contributed by atoms with van der Waals surface area (Å²) in [7, 11) is 0. The third kappa shape index (κ3) is 7.10. The van der Waals surface area contributed by atoms with Crippen LogP contribution in [-0.4, -0.2) is 9.13 Å². The van der Waals surface area contributed by atoms with Crippen LogP contribution in [0, 0.1) is 34.0 Å². The van der Waals surface area contributed by atoms with E-state index in [1.807, 2.05) is 118 Å². The van der Waals surface area contributed by atoms with Crippen LogP contribution in [0.3, 0.4) is 0 Å². The molecule has 0 aliphatic carbocycles. The van der Waals surface area contributed by atoms with E-state index < -0.39 is 29.0 Å². The van der Waals surface area contributed by atoms with Crippen LogP contribution in [0.25, 0.3) is 99.5 Å². The monoisotopic (exact) mass is 923 g/mol. The third-order valence-corrected chi connectivity index (χ3v) is 12.9. The van der Waals surface area contributed by atoms with Gasteiger partial charge in [0.15, 0.2) is 0 Å². The van der Waals surface area contributed by atoms with E-state index in [-0.39, 0.29) is 22.3 Å². The zero-order chi connectivity index (χ0) is 48.5. The van der Waals surface area contributed by atoms with Crippen molar-refractivity contribution in [3.8, 4) is 74.1 Å². The van der Waals surface area contributed by atoms with Gasteiger partial charge in [-0.15, -0.1) is 0 Å². The average Bonchev–Trinajstić information content (AvgIpc) is 3.89. The Bertz CT molecular complexity index is 4030. The van der Waals surface area contributed by atoms with E-state index in [9.17, 15) is 42.1 Å². The Morgan fingerprint density at radius 1 is 0.343 bits per heavy atom. The third-order valence-electron chi connectivity index (χ3n) is 12.9. The smallest absolute Gasteiger partial charge is 0.309 e. The number of nitrogens with zero attached hydrogens (tertiary/aromatic N) is 5. The summed E-state index contributed by atoms with van der Waals surface area (Å²) in [6.07, 6.45) is -10.3. The van der Waals surface area contributed by atoms with Crippen molar-refractivity contribution in [3.05, 3.63) is 216 Å². The maximum Gasteiger partial charge on any atom is 0.417 e. The number of hydrogen-bond donors (Lipinski definition) is 0. The Morgan fingerprint density at radius 2 is 0.786 bits per heavy atom. The van der Waals surface area contributed by atoms with Gasteiger partial charge in [-0.25, -0.2) is 0 Å². The van der Waals surface area contributed by atoms with Crippen LogP contribution >= 0.6 is 0 Å². The van der Waals surface area contributed by atoms with E-state index in [0.29, 0.717) is 45.7 Å². The van der Waals surface area contributed by atoms with Crippen molar-refractivity contribution < 1.29 is 26.3 Å². The first kappa shape index (κ1) is 43.2. The average molecular weight is 924 g/mol. The fraction of sp³-hybridized carbons (Fsp3) is 0.0339. The number of nitriles is 3. The van der Waals surface area contributed by atoms with Crippen LogP contribution in [0.15, 0.2) is 188 Å². The van der Waals surface area contributed by atoms with Gasteiger partial charge in [-0.2, -0.15) is 42.1 Å². The summed E-state index contributed by atoms with van der Waals surface area (Å²) in [5.41, 5.74) is 4.46. The molecule has 0 saturated heterocycles. The van der Waals surface area contributed by atoms with Crippen molar-refractivity contribution in [1.29, 1.82) is 15.8 Å². The summed E-state index contributed by atoms with van der Waals surface area (Å²) in [6.45, 7) is 0. The topological polar surface area (TPSA) is 81.2 Å². The lowest BCUT2D eigenvalue weighted by Gasteiger charge is -2.23. The number of para-hydroxylation sites is 2. The number of alkyl halides is 6. The van der Waals surface area contributed by atoms with Crippen molar-refractivity contribution in [1.82, 2.24) is 9.13 Å². The fourth-order valence-electron chi connectivity index (χ4n) is 9.82. The molecule has 9 aromatic carbocycles. The normalized spacial score (nSPS) is 11.8. The van der Waals surface area contributed by atoms with E-state index in [0.717, 1.165) is 60.9 Å². The van der Waals surface area contributed by atoms with Gasteiger partial charge in [-0.3, -0.25) is 0 Å². The second-order valence-corrected chi connectivity index (χ2v) is 16.8. The van der Waals surface area contributed by atoms with Gasteiger partial charge in [-0.05, 0) is 125 Å². The molecule has 0 radical (unpaired) electrons. The molecule has 0 amide bonds. The standard InChI is InChI=1S/C59H31F6N5/c60-58(61,62)48-10-6-11-49(59(63,64)65)57(48)41-25-28-54(69-50-12-3-1-8-43(50)45-29-39(23-26-52(45)69)37-19-15-35(32-66)16-20-37)47(31-41)56-42(34-68)7-5-14-55(56)70-51-13-4-2-9-44(51)46-30-40(24-27-53(46)70)38-21-17-36(33-67)18-22-38/h1-31H. The minimum Gasteiger partial charge on any atom is -0.309 e. The summed E-state index contributed by atoms with van der Waals surface area (Å²) in [5, 5.41) is 33.2. The second kappa shape index (κ2) is 16.4. The largest absolute Gasteiger partial charge is 0.417 e. The van der Waals surface area contributed by atoms with Crippen LogP contribution in [0.4, 0.5) is 26.3 Å². The van der Waals surface area contributed by atoms with E-state index in [1.54, 1.807) is 42.5 Å². The SMILES string of the molecule is N#Cc1ccc(-c2ccc3c(c2)c2ccccc2n3-c2ccc(-c3c(C(F)(F)F)cccc3C(F)(F)F)cc2-c2c(C#N)cccc2-n2c3ccccc3c3cc(-c4ccc(C#N)cc4)ccc32)cc1. The van der Waals surface area contributed by atoms with E-state index in [1.165, 1.54) is 18.2 Å². The highest BCUT2D eigenvalue weighted by molar-refractivity contribution is 6.13. The summed E-state index contributed by atoms with van der Waals surface area (Å²) in [5.74, 6) is 0. The molecule has 0 fully saturated rings. The molecule has 0 atom stereocenters. The van der Waals surface area contributed by atoms with Gasteiger partial charge in [0.05, 0.1) is 79.5 Å². The van der Waals surface area contributed by atoms with Crippen molar-refractivity contribution in [3.63, 3.8) is 0 Å². The number of rotatable bonds is 6. The number of fused-ring (bicyclic) bond motifs is 6. The molecule has 11 heteroatoms. The van der Waals surface area contributed by atoms with Gasteiger partial charge < -0.3 is 9.13 Å². The quantitative estimate of drug-likeness (QED) is 0.156. The van der Waals surface area contributed by atoms with Gasteiger partial charge in [0.2, 0.25) is 0 Å².